The quantitative estimate of drug-likeness (QED) is 0.374. The van der Waals surface area contributed by atoms with E-state index in [1.54, 1.807) is 36.4 Å². The van der Waals surface area contributed by atoms with Crippen molar-refractivity contribution in [3.8, 4) is 11.5 Å². The molecule has 9 nitrogen and oxygen atoms in total. The molecule has 5 rings (SSSR count). The van der Waals surface area contributed by atoms with E-state index in [1.807, 2.05) is 0 Å². The first kappa shape index (κ1) is 28.1. The maximum atomic E-state index is 14.8. The predicted octanol–water partition coefficient (Wildman–Crippen LogP) is 2.17. The number of methoxy groups -OCH3 is 1. The number of rotatable bonds is 9. The summed E-state index contributed by atoms with van der Waals surface area (Å²) in [4.78, 5) is 28.8. The van der Waals surface area contributed by atoms with Gasteiger partial charge in [-0.3, -0.25) is 9.59 Å². The van der Waals surface area contributed by atoms with Gasteiger partial charge in [-0.1, -0.05) is 31.0 Å². The molecule has 4 N–H and O–H groups in total. The predicted molar refractivity (Wildman–Crippen MR) is 143 cm³/mol. The number of ether oxygens (including phenoxy) is 2. The van der Waals surface area contributed by atoms with E-state index in [0.29, 0.717) is 41.0 Å². The van der Waals surface area contributed by atoms with E-state index < -0.39 is 35.9 Å². The van der Waals surface area contributed by atoms with E-state index in [2.05, 4.69) is 5.32 Å². The Morgan fingerprint density at radius 1 is 1.18 bits per heavy atom. The van der Waals surface area contributed by atoms with Crippen LogP contribution in [0.1, 0.15) is 48.3 Å². The Kier molecular flexibility index (Phi) is 8.39. The molecule has 0 bridgehead atoms. The van der Waals surface area contributed by atoms with Crippen LogP contribution in [0.5, 0.6) is 11.5 Å². The van der Waals surface area contributed by atoms with Gasteiger partial charge >= 0.3 is 0 Å². The van der Waals surface area contributed by atoms with Gasteiger partial charge in [0.15, 0.2) is 11.5 Å². The Labute approximate surface area is 232 Å². The second-order valence-corrected chi connectivity index (χ2v) is 10.6. The van der Waals surface area contributed by atoms with Gasteiger partial charge in [0.2, 0.25) is 11.8 Å². The third-order valence-corrected chi connectivity index (χ3v) is 8.14. The molecule has 0 aromatic heterocycles. The minimum absolute atomic E-state index is 0.00837. The Morgan fingerprint density at radius 2 is 1.93 bits per heavy atom. The number of nitrogens with one attached hydrogen (secondary N) is 1. The van der Waals surface area contributed by atoms with Gasteiger partial charge in [0.05, 0.1) is 32.3 Å². The number of aliphatic hydroxyl groups is 3. The number of halogens is 1. The highest BCUT2D eigenvalue weighted by Crippen LogP contribution is 2.51. The highest BCUT2D eigenvalue weighted by Gasteiger charge is 2.52. The molecule has 2 aromatic rings. The SMILES string of the molecule is COc1cc(CO)cc2c1OC1C2C(C(=O)NCCO)=CC(N(Cc2ccccc2F)C(=O)C2CCCC2)C1O. The van der Waals surface area contributed by atoms with Crippen molar-refractivity contribution in [3.63, 3.8) is 0 Å². The lowest BCUT2D eigenvalue weighted by atomic mass is 9.77. The number of benzene rings is 2. The molecule has 10 heteroatoms. The molecule has 4 atom stereocenters. The van der Waals surface area contributed by atoms with Crippen LogP contribution >= 0.6 is 0 Å². The number of fused-ring (bicyclic) bond motifs is 3. The van der Waals surface area contributed by atoms with Gasteiger partial charge in [0, 0.05) is 35.7 Å². The topological polar surface area (TPSA) is 129 Å². The van der Waals surface area contributed by atoms with Crippen molar-refractivity contribution in [3.05, 3.63) is 70.6 Å². The minimum atomic E-state index is -1.26. The third-order valence-electron chi connectivity index (χ3n) is 8.14. The monoisotopic (exact) mass is 554 g/mol. The highest BCUT2D eigenvalue weighted by atomic mass is 19.1. The Bertz CT molecular complexity index is 1290. The van der Waals surface area contributed by atoms with Crippen molar-refractivity contribution in [1.29, 1.82) is 0 Å². The van der Waals surface area contributed by atoms with E-state index in [1.165, 1.54) is 18.1 Å². The summed E-state index contributed by atoms with van der Waals surface area (Å²) in [7, 11) is 1.46. The molecule has 4 unspecified atom stereocenters. The van der Waals surface area contributed by atoms with Crippen LogP contribution < -0.4 is 14.8 Å². The molecule has 40 heavy (non-hydrogen) atoms. The molecular formula is C30H35FN2O7. The summed E-state index contributed by atoms with van der Waals surface area (Å²) in [6, 6.07) is 8.54. The van der Waals surface area contributed by atoms with Crippen molar-refractivity contribution < 1.29 is 38.8 Å². The molecule has 0 radical (unpaired) electrons. The van der Waals surface area contributed by atoms with Crippen molar-refractivity contribution in [1.82, 2.24) is 10.2 Å². The van der Waals surface area contributed by atoms with Crippen molar-refractivity contribution in [2.24, 2.45) is 5.92 Å². The molecule has 2 aromatic carbocycles. The summed E-state index contributed by atoms with van der Waals surface area (Å²) in [5.74, 6) is -1.44. The van der Waals surface area contributed by atoms with E-state index in [4.69, 9.17) is 9.47 Å². The number of nitrogens with zero attached hydrogens (tertiary/aromatic N) is 1. The maximum absolute atomic E-state index is 14.8. The largest absolute Gasteiger partial charge is 0.493 e. The van der Waals surface area contributed by atoms with Crippen molar-refractivity contribution in [2.45, 2.75) is 63.0 Å². The van der Waals surface area contributed by atoms with Gasteiger partial charge in [-0.2, -0.15) is 0 Å². The van der Waals surface area contributed by atoms with Gasteiger partial charge in [0.25, 0.3) is 0 Å². The van der Waals surface area contributed by atoms with Crippen LogP contribution in [0.2, 0.25) is 0 Å². The van der Waals surface area contributed by atoms with Crippen molar-refractivity contribution in [2.75, 3.05) is 20.3 Å². The number of hydrogen-bond donors (Lipinski definition) is 4. The van der Waals surface area contributed by atoms with Crippen LogP contribution in [-0.4, -0.2) is 70.5 Å². The second kappa shape index (κ2) is 12.0. The molecule has 1 fully saturated rings. The van der Waals surface area contributed by atoms with Crippen LogP contribution in [-0.2, 0) is 22.7 Å². The number of aliphatic hydroxyl groups excluding tert-OH is 3. The fourth-order valence-corrected chi connectivity index (χ4v) is 6.17. The first-order valence-electron chi connectivity index (χ1n) is 13.7. The summed E-state index contributed by atoms with van der Waals surface area (Å²) in [6.07, 6.45) is 2.60. The molecule has 0 spiro atoms. The fourth-order valence-electron chi connectivity index (χ4n) is 6.17. The second-order valence-electron chi connectivity index (χ2n) is 10.6. The number of carbonyl (C=O) groups excluding carboxylic acids is 2. The van der Waals surface area contributed by atoms with E-state index in [9.17, 15) is 29.3 Å². The van der Waals surface area contributed by atoms with E-state index in [-0.39, 0.29) is 43.7 Å². The van der Waals surface area contributed by atoms with Crippen LogP contribution in [0.4, 0.5) is 4.39 Å². The number of hydrogen-bond acceptors (Lipinski definition) is 7. The highest BCUT2D eigenvalue weighted by molar-refractivity contribution is 5.96. The van der Waals surface area contributed by atoms with Crippen LogP contribution in [0.25, 0.3) is 0 Å². The normalized spacial score (nSPS) is 23.6. The lowest BCUT2D eigenvalue weighted by Gasteiger charge is -2.41. The fraction of sp³-hybridized carbons (Fsp3) is 0.467. The van der Waals surface area contributed by atoms with Gasteiger partial charge < -0.3 is 35.0 Å². The summed E-state index contributed by atoms with van der Waals surface area (Å²) in [6.45, 7) is -0.620. The zero-order chi connectivity index (χ0) is 28.4. The maximum Gasteiger partial charge on any atom is 0.247 e. The van der Waals surface area contributed by atoms with Crippen molar-refractivity contribution >= 4 is 11.8 Å². The average Bonchev–Trinajstić information content (AvgIpc) is 3.64. The smallest absolute Gasteiger partial charge is 0.247 e. The first-order chi connectivity index (χ1) is 19.4. The van der Waals surface area contributed by atoms with Crippen LogP contribution in [0.3, 0.4) is 0 Å². The Balaban J connectivity index is 1.61. The van der Waals surface area contributed by atoms with Gasteiger partial charge in [-0.25, -0.2) is 4.39 Å². The molecule has 0 saturated heterocycles. The summed E-state index contributed by atoms with van der Waals surface area (Å²) < 4.78 is 26.5. The molecule has 1 aliphatic heterocycles. The molecule has 3 aliphatic rings. The van der Waals surface area contributed by atoms with E-state index >= 15 is 0 Å². The Hall–Kier alpha value is -3.47. The lowest BCUT2D eigenvalue weighted by Crippen LogP contribution is -2.56. The van der Waals surface area contributed by atoms with Crippen LogP contribution in [0.15, 0.2) is 48.0 Å². The first-order valence-corrected chi connectivity index (χ1v) is 13.7. The standard InChI is InChI=1S/C30H35FN2O7/c1-39-24-13-17(16-35)12-20-25-21(29(37)32-10-11-34)14-23(26(36)28(25)40-27(20)24)33(30(38)18-6-2-3-7-18)15-19-8-4-5-9-22(19)31/h4-5,8-9,12-14,18,23,25-26,28,34-36H,2-3,6-7,10-11,15-16H2,1H3,(H,32,37). The van der Waals surface area contributed by atoms with Gasteiger partial charge in [0.1, 0.15) is 18.0 Å². The summed E-state index contributed by atoms with van der Waals surface area (Å²) in [5.41, 5.74) is 1.67. The van der Waals surface area contributed by atoms with Gasteiger partial charge in [-0.15, -0.1) is 0 Å². The van der Waals surface area contributed by atoms with Gasteiger partial charge in [-0.05, 0) is 42.7 Å². The third kappa shape index (κ3) is 5.18. The molecule has 1 saturated carbocycles. The zero-order valence-electron chi connectivity index (χ0n) is 22.4. The average molecular weight is 555 g/mol. The number of amides is 2. The zero-order valence-corrected chi connectivity index (χ0v) is 22.4. The summed E-state index contributed by atoms with van der Waals surface area (Å²) >= 11 is 0. The molecule has 214 valence electrons. The Morgan fingerprint density at radius 3 is 2.60 bits per heavy atom. The molecular weight excluding hydrogens is 519 g/mol. The molecule has 2 amide bonds. The summed E-state index contributed by atoms with van der Waals surface area (Å²) in [5, 5.41) is 33.6. The molecule has 1 heterocycles. The van der Waals surface area contributed by atoms with E-state index in [0.717, 1.165) is 12.8 Å². The van der Waals surface area contributed by atoms with Crippen LogP contribution in [0, 0.1) is 11.7 Å². The molecule has 2 aliphatic carbocycles. The number of carbonyl (C=O) groups is 2. The lowest BCUT2D eigenvalue weighted by molar-refractivity contribution is -0.142. The minimum Gasteiger partial charge on any atom is -0.493 e.